The van der Waals surface area contributed by atoms with Crippen molar-refractivity contribution in [2.24, 2.45) is 5.92 Å². The molecule has 1 saturated carbocycles. The average molecular weight is 407 g/mol. The minimum atomic E-state index is -3.55. The zero-order valence-corrected chi connectivity index (χ0v) is 17.4. The summed E-state index contributed by atoms with van der Waals surface area (Å²) in [7, 11) is -1.94. The Hall–Kier alpha value is -1.44. The lowest BCUT2D eigenvalue weighted by Gasteiger charge is -2.31. The molecule has 7 heteroatoms. The van der Waals surface area contributed by atoms with Gasteiger partial charge in [0.25, 0.3) is 0 Å². The molecule has 1 unspecified atom stereocenters. The van der Waals surface area contributed by atoms with Crippen LogP contribution in [-0.2, 0) is 32.5 Å². The number of nitrogens with zero attached hydrogens (tertiary/aromatic N) is 2. The first-order chi connectivity index (χ1) is 13.5. The first-order valence-corrected chi connectivity index (χ1v) is 11.9. The highest BCUT2D eigenvalue weighted by Crippen LogP contribution is 2.31. The third-order valence-electron chi connectivity index (χ3n) is 6.49. The summed E-state index contributed by atoms with van der Waals surface area (Å²) in [5, 5.41) is 0. The molecule has 4 rings (SSSR count). The third kappa shape index (κ3) is 3.72. The molecule has 0 bridgehead atoms. The Balaban J connectivity index is 1.55. The Morgan fingerprint density at radius 1 is 1.11 bits per heavy atom. The highest BCUT2D eigenvalue weighted by molar-refractivity contribution is 7.89. The van der Waals surface area contributed by atoms with Crippen molar-refractivity contribution in [2.75, 3.05) is 26.8 Å². The molecule has 1 aromatic carbocycles. The molecule has 1 aliphatic carbocycles. The van der Waals surface area contributed by atoms with E-state index in [1.54, 1.807) is 23.5 Å². The number of amides is 1. The minimum absolute atomic E-state index is 0.0912. The number of hydrogen-bond acceptors (Lipinski definition) is 4. The SMILES string of the molecule is COCC1CCCN1S(=O)(=O)c1ccc2c(c1)CN(C(=O)C1CCCC1)CC2. The van der Waals surface area contributed by atoms with E-state index in [4.69, 9.17) is 4.74 Å². The maximum absolute atomic E-state index is 13.2. The molecule has 1 aromatic rings. The molecule has 2 fully saturated rings. The summed E-state index contributed by atoms with van der Waals surface area (Å²) in [6.45, 7) is 2.22. The van der Waals surface area contributed by atoms with E-state index in [0.717, 1.165) is 62.6 Å². The Bertz CT molecular complexity index is 833. The Morgan fingerprint density at radius 3 is 2.64 bits per heavy atom. The van der Waals surface area contributed by atoms with Crippen molar-refractivity contribution in [1.82, 2.24) is 9.21 Å². The quantitative estimate of drug-likeness (QED) is 0.754. The predicted molar refractivity (Wildman–Crippen MR) is 106 cm³/mol. The fourth-order valence-corrected chi connectivity index (χ4v) is 6.66. The molecule has 6 nitrogen and oxygen atoms in total. The van der Waals surface area contributed by atoms with Crippen molar-refractivity contribution in [3.8, 4) is 0 Å². The zero-order valence-electron chi connectivity index (χ0n) is 16.6. The van der Waals surface area contributed by atoms with Crippen LogP contribution < -0.4 is 0 Å². The van der Waals surface area contributed by atoms with E-state index in [0.29, 0.717) is 24.6 Å². The number of sulfonamides is 1. The van der Waals surface area contributed by atoms with Crippen LogP contribution in [0.2, 0.25) is 0 Å². The van der Waals surface area contributed by atoms with Crippen LogP contribution in [0, 0.1) is 5.92 Å². The second-order valence-electron chi connectivity index (χ2n) is 8.29. The molecule has 0 N–H and O–H groups in total. The molecule has 2 heterocycles. The van der Waals surface area contributed by atoms with Crippen LogP contribution in [-0.4, -0.2) is 56.4 Å². The monoisotopic (exact) mass is 406 g/mol. The molecule has 0 radical (unpaired) electrons. The largest absolute Gasteiger partial charge is 0.383 e. The van der Waals surface area contributed by atoms with Gasteiger partial charge in [-0.15, -0.1) is 0 Å². The summed E-state index contributed by atoms with van der Waals surface area (Å²) in [5.41, 5.74) is 2.13. The summed E-state index contributed by atoms with van der Waals surface area (Å²) in [6, 6.07) is 5.36. The molecule has 154 valence electrons. The molecule has 2 aliphatic heterocycles. The van der Waals surface area contributed by atoms with Crippen molar-refractivity contribution in [1.29, 1.82) is 0 Å². The van der Waals surface area contributed by atoms with Crippen LogP contribution in [0.3, 0.4) is 0 Å². The van der Waals surface area contributed by atoms with Crippen molar-refractivity contribution >= 4 is 15.9 Å². The number of carbonyl (C=O) groups is 1. The molecule has 1 atom stereocenters. The maximum atomic E-state index is 13.2. The van der Waals surface area contributed by atoms with E-state index >= 15 is 0 Å². The number of fused-ring (bicyclic) bond motifs is 1. The fourth-order valence-electron chi connectivity index (χ4n) is 4.93. The average Bonchev–Trinajstić information content (AvgIpc) is 3.39. The lowest BCUT2D eigenvalue weighted by Crippen LogP contribution is -2.40. The van der Waals surface area contributed by atoms with Gasteiger partial charge in [0.15, 0.2) is 0 Å². The summed E-state index contributed by atoms with van der Waals surface area (Å²) in [5.74, 6) is 0.406. The third-order valence-corrected chi connectivity index (χ3v) is 8.44. The van der Waals surface area contributed by atoms with Crippen molar-refractivity contribution in [3.63, 3.8) is 0 Å². The van der Waals surface area contributed by atoms with Crippen LogP contribution in [0.1, 0.15) is 49.7 Å². The molecule has 1 amide bonds. The van der Waals surface area contributed by atoms with E-state index < -0.39 is 10.0 Å². The summed E-state index contributed by atoms with van der Waals surface area (Å²) in [4.78, 5) is 15.1. The van der Waals surface area contributed by atoms with Crippen molar-refractivity contribution < 1.29 is 17.9 Å². The van der Waals surface area contributed by atoms with Crippen LogP contribution in [0.25, 0.3) is 0 Å². The number of hydrogen-bond donors (Lipinski definition) is 0. The molecular weight excluding hydrogens is 376 g/mol. The molecule has 0 spiro atoms. The first-order valence-electron chi connectivity index (χ1n) is 10.4. The van der Waals surface area contributed by atoms with Crippen LogP contribution in [0.15, 0.2) is 23.1 Å². The van der Waals surface area contributed by atoms with E-state index in [2.05, 4.69) is 0 Å². The van der Waals surface area contributed by atoms with Gasteiger partial charge in [-0.25, -0.2) is 8.42 Å². The van der Waals surface area contributed by atoms with Crippen LogP contribution in [0.4, 0.5) is 0 Å². The van der Waals surface area contributed by atoms with Crippen molar-refractivity contribution in [3.05, 3.63) is 29.3 Å². The highest BCUT2D eigenvalue weighted by atomic mass is 32.2. The van der Waals surface area contributed by atoms with E-state index in [1.807, 2.05) is 11.0 Å². The second-order valence-corrected chi connectivity index (χ2v) is 10.2. The smallest absolute Gasteiger partial charge is 0.243 e. The predicted octanol–water partition coefficient (Wildman–Crippen LogP) is 2.56. The zero-order chi connectivity index (χ0) is 19.7. The lowest BCUT2D eigenvalue weighted by molar-refractivity contribution is -0.136. The first kappa shape index (κ1) is 19.9. The second kappa shape index (κ2) is 8.13. The molecule has 1 saturated heterocycles. The van der Waals surface area contributed by atoms with Gasteiger partial charge in [-0.1, -0.05) is 18.9 Å². The van der Waals surface area contributed by atoms with Gasteiger partial charge in [-0.3, -0.25) is 4.79 Å². The number of rotatable bonds is 5. The maximum Gasteiger partial charge on any atom is 0.243 e. The number of ether oxygens (including phenoxy) is 1. The minimum Gasteiger partial charge on any atom is -0.383 e. The Morgan fingerprint density at radius 2 is 1.89 bits per heavy atom. The normalized spacial score (nSPS) is 23.9. The Labute approximate surface area is 167 Å². The van der Waals surface area contributed by atoms with Gasteiger partial charge in [0.05, 0.1) is 11.5 Å². The van der Waals surface area contributed by atoms with Crippen LogP contribution in [0.5, 0.6) is 0 Å². The number of benzene rings is 1. The van der Waals surface area contributed by atoms with Gasteiger partial charge in [-0.2, -0.15) is 4.31 Å². The van der Waals surface area contributed by atoms with Crippen LogP contribution >= 0.6 is 0 Å². The van der Waals surface area contributed by atoms with Gasteiger partial charge in [-0.05, 0) is 55.4 Å². The molecule has 0 aromatic heterocycles. The lowest BCUT2D eigenvalue weighted by atomic mass is 9.98. The van der Waals surface area contributed by atoms with Gasteiger partial charge < -0.3 is 9.64 Å². The highest BCUT2D eigenvalue weighted by Gasteiger charge is 2.36. The summed E-state index contributed by atoms with van der Waals surface area (Å²) >= 11 is 0. The van der Waals surface area contributed by atoms with E-state index in [1.165, 1.54) is 0 Å². The standard InChI is InChI=1S/C21H30N2O4S/c1-27-15-19-7-4-11-23(19)28(25,26)20-9-8-16-10-12-22(14-18(16)13-20)21(24)17-5-2-3-6-17/h8-9,13,17,19H,2-7,10-12,14-15H2,1H3. The topological polar surface area (TPSA) is 66.9 Å². The molecule has 28 heavy (non-hydrogen) atoms. The van der Waals surface area contributed by atoms with Gasteiger partial charge in [0.2, 0.25) is 15.9 Å². The summed E-state index contributed by atoms with van der Waals surface area (Å²) in [6.07, 6.45) is 6.76. The molecular formula is C21H30N2O4S. The van der Waals surface area contributed by atoms with E-state index in [-0.39, 0.29) is 17.9 Å². The Kier molecular flexibility index (Phi) is 5.76. The van der Waals surface area contributed by atoms with Gasteiger partial charge >= 0.3 is 0 Å². The summed E-state index contributed by atoms with van der Waals surface area (Å²) < 4.78 is 33.2. The van der Waals surface area contributed by atoms with E-state index in [9.17, 15) is 13.2 Å². The van der Waals surface area contributed by atoms with Crippen molar-refractivity contribution in [2.45, 2.75) is 62.4 Å². The number of methoxy groups -OCH3 is 1. The van der Waals surface area contributed by atoms with Gasteiger partial charge in [0.1, 0.15) is 0 Å². The number of carbonyl (C=O) groups excluding carboxylic acids is 1. The molecule has 3 aliphatic rings. The fraction of sp³-hybridized carbons (Fsp3) is 0.667. The van der Waals surface area contributed by atoms with Gasteiger partial charge in [0, 0.05) is 38.7 Å².